The van der Waals surface area contributed by atoms with Crippen molar-refractivity contribution in [1.82, 2.24) is 0 Å². The summed E-state index contributed by atoms with van der Waals surface area (Å²) in [6, 6.07) is 6.27. The van der Waals surface area contributed by atoms with Gasteiger partial charge < -0.3 is 40.1 Å². The number of aromatic hydroxyl groups is 1. The van der Waals surface area contributed by atoms with Crippen LogP contribution in [0.5, 0.6) is 11.5 Å². The summed E-state index contributed by atoms with van der Waals surface area (Å²) in [4.78, 5) is 23.9. The van der Waals surface area contributed by atoms with E-state index in [0.717, 1.165) is 0 Å². The minimum atomic E-state index is -1.87. The maximum absolute atomic E-state index is 12.6. The van der Waals surface area contributed by atoms with Gasteiger partial charge in [-0.1, -0.05) is 12.1 Å². The number of phenolic OH excluding ortho intramolecular Hbond substituents is 1. The molecule has 1 heterocycles. The number of rotatable bonds is 3. The minimum absolute atomic E-state index is 0.0280. The topological polar surface area (TPSA) is 174 Å². The van der Waals surface area contributed by atoms with Gasteiger partial charge in [-0.05, 0) is 30.0 Å². The summed E-state index contributed by atoms with van der Waals surface area (Å²) in [5.74, 6) is -2.40. The van der Waals surface area contributed by atoms with Crippen LogP contribution in [0.25, 0.3) is 10.8 Å². The average Bonchev–Trinajstić information content (AvgIpc) is 2.66. The number of carbonyl (C=O) groups is 2. The first-order valence-corrected chi connectivity index (χ1v) is 9.62. The number of carbonyl (C=O) groups excluding carboxylic acids is 1. The summed E-state index contributed by atoms with van der Waals surface area (Å²) in [6.45, 7) is 1.54. The normalized spacial score (nSPS) is 33.2. The Morgan fingerprint density at radius 1 is 1.16 bits per heavy atom. The first kappa shape index (κ1) is 21.5. The Bertz CT molecular complexity index is 1060. The lowest BCUT2D eigenvalue weighted by Crippen LogP contribution is -2.61. The van der Waals surface area contributed by atoms with Crippen molar-refractivity contribution in [3.8, 4) is 11.5 Å². The molecule has 166 valence electrons. The van der Waals surface area contributed by atoms with E-state index in [9.17, 15) is 40.2 Å². The predicted molar refractivity (Wildman–Crippen MR) is 104 cm³/mol. The smallest absolute Gasteiger partial charge is 0.335 e. The van der Waals surface area contributed by atoms with E-state index >= 15 is 0 Å². The average molecular weight is 434 g/mol. The molecule has 4 rings (SSSR count). The highest BCUT2D eigenvalue weighted by atomic mass is 16.7. The van der Waals surface area contributed by atoms with Crippen molar-refractivity contribution < 1.29 is 49.7 Å². The zero-order valence-corrected chi connectivity index (χ0v) is 16.4. The van der Waals surface area contributed by atoms with E-state index in [1.54, 1.807) is 18.2 Å². The lowest BCUT2D eigenvalue weighted by molar-refractivity contribution is -0.270. The second kappa shape index (κ2) is 7.43. The molecule has 0 unspecified atom stereocenters. The zero-order chi connectivity index (χ0) is 22.7. The maximum atomic E-state index is 12.6. The van der Waals surface area contributed by atoms with Crippen LogP contribution in [-0.4, -0.2) is 78.7 Å². The summed E-state index contributed by atoms with van der Waals surface area (Å²) >= 11 is 0. The van der Waals surface area contributed by atoms with Crippen LogP contribution in [0.1, 0.15) is 29.3 Å². The molecule has 1 aliphatic carbocycles. The Morgan fingerprint density at radius 2 is 1.87 bits per heavy atom. The van der Waals surface area contributed by atoms with Gasteiger partial charge in [-0.2, -0.15) is 0 Å². The number of hydrogen-bond donors (Lipinski definition) is 6. The van der Waals surface area contributed by atoms with Crippen molar-refractivity contribution in [1.29, 1.82) is 0 Å². The summed E-state index contributed by atoms with van der Waals surface area (Å²) < 4.78 is 10.7. The lowest BCUT2D eigenvalue weighted by Gasteiger charge is -2.38. The molecule has 10 nitrogen and oxygen atoms in total. The third-order valence-electron chi connectivity index (χ3n) is 5.63. The molecule has 10 heteroatoms. The van der Waals surface area contributed by atoms with Crippen molar-refractivity contribution >= 4 is 22.5 Å². The molecule has 6 atom stereocenters. The Balaban J connectivity index is 1.76. The van der Waals surface area contributed by atoms with E-state index in [4.69, 9.17) is 9.47 Å². The van der Waals surface area contributed by atoms with Gasteiger partial charge >= 0.3 is 5.97 Å². The molecule has 0 saturated carbocycles. The van der Waals surface area contributed by atoms with E-state index in [1.165, 1.54) is 13.0 Å². The monoisotopic (exact) mass is 434 g/mol. The molecule has 0 radical (unpaired) electrons. The molecule has 1 aliphatic heterocycles. The highest BCUT2D eigenvalue weighted by Gasteiger charge is 2.48. The van der Waals surface area contributed by atoms with Gasteiger partial charge in [-0.3, -0.25) is 4.79 Å². The number of aliphatic carboxylic acids is 1. The van der Waals surface area contributed by atoms with Gasteiger partial charge in [0.2, 0.25) is 6.29 Å². The summed E-state index contributed by atoms with van der Waals surface area (Å²) in [5.41, 5.74) is -0.706. The molecule has 1 saturated heterocycles. The maximum Gasteiger partial charge on any atom is 0.335 e. The van der Waals surface area contributed by atoms with Gasteiger partial charge in [0.25, 0.3) is 0 Å². The van der Waals surface area contributed by atoms with Crippen LogP contribution in [0.2, 0.25) is 0 Å². The van der Waals surface area contributed by atoms with Gasteiger partial charge in [0.05, 0.1) is 16.6 Å². The van der Waals surface area contributed by atoms with E-state index < -0.39 is 48.1 Å². The molecule has 6 N–H and O–H groups in total. The van der Waals surface area contributed by atoms with Crippen LogP contribution in [0.4, 0.5) is 0 Å². The number of ketones is 1. The number of aliphatic hydroxyl groups is 4. The number of carboxylic acid groups (broad SMARTS) is 1. The van der Waals surface area contributed by atoms with Crippen LogP contribution in [0.3, 0.4) is 0 Å². The molecule has 31 heavy (non-hydrogen) atoms. The molecule has 0 spiro atoms. The molecule has 1 fully saturated rings. The third kappa shape index (κ3) is 3.62. The fraction of sp³-hybridized carbons (Fsp3) is 0.429. The number of Topliss-reactive ketones (excluding diaryl/α,β-unsaturated/α-hetero) is 1. The van der Waals surface area contributed by atoms with Gasteiger partial charge in [0, 0.05) is 12.8 Å². The summed E-state index contributed by atoms with van der Waals surface area (Å²) in [5, 5.41) is 61.0. The predicted octanol–water partition coefficient (Wildman–Crippen LogP) is -0.304. The molecule has 0 aromatic heterocycles. The minimum Gasteiger partial charge on any atom is -0.506 e. The number of benzene rings is 2. The van der Waals surface area contributed by atoms with Crippen LogP contribution in [0.15, 0.2) is 24.3 Å². The van der Waals surface area contributed by atoms with Crippen molar-refractivity contribution in [2.75, 3.05) is 0 Å². The number of carboxylic acids is 1. The molecular weight excluding hydrogens is 412 g/mol. The standard InChI is InChI=1S/C21H22O10/c1-21(29)6-9-5-8-3-2-4-11(13(8)14(23)12(9)10(22)7-21)30-20-17(26)15(24)16(25)18(31-20)19(27)28/h2-5,15-18,20,23-26,29H,6-7H2,1H3,(H,27,28)/t15-,16-,17+,18-,20+,21+/m0/s1. The van der Waals surface area contributed by atoms with Crippen molar-refractivity contribution in [3.63, 3.8) is 0 Å². The molecule has 0 bridgehead atoms. The van der Waals surface area contributed by atoms with Crippen molar-refractivity contribution in [3.05, 3.63) is 35.4 Å². The Hall–Kier alpha value is -2.76. The number of phenols is 1. The molecule has 2 aromatic rings. The van der Waals surface area contributed by atoms with Gasteiger partial charge in [-0.15, -0.1) is 0 Å². The van der Waals surface area contributed by atoms with E-state index in [0.29, 0.717) is 10.9 Å². The highest BCUT2D eigenvalue weighted by Crippen LogP contribution is 2.43. The van der Waals surface area contributed by atoms with Gasteiger partial charge in [-0.25, -0.2) is 4.79 Å². The SMILES string of the molecule is C[C@]1(O)CC(=O)c2c(cc3cccc(O[C@@H]4O[C@H](C(=O)O)[C@@H](O)[C@H](O)[C@H]4O)c3c2O)C1. The first-order valence-electron chi connectivity index (χ1n) is 9.62. The molecule has 0 amide bonds. The molecule has 2 aliphatic rings. The summed E-state index contributed by atoms with van der Waals surface area (Å²) in [7, 11) is 0. The third-order valence-corrected chi connectivity index (χ3v) is 5.63. The quantitative estimate of drug-likeness (QED) is 0.376. The molecule has 2 aromatic carbocycles. The Morgan fingerprint density at radius 3 is 2.55 bits per heavy atom. The number of hydrogen-bond acceptors (Lipinski definition) is 9. The Kier molecular flexibility index (Phi) is 5.15. The van der Waals surface area contributed by atoms with Crippen LogP contribution < -0.4 is 4.74 Å². The fourth-order valence-electron chi connectivity index (χ4n) is 4.19. The second-order valence-electron chi connectivity index (χ2n) is 8.24. The van der Waals surface area contributed by atoms with E-state index in [2.05, 4.69) is 0 Å². The second-order valence-corrected chi connectivity index (χ2v) is 8.24. The Labute approximate surface area is 175 Å². The van der Waals surface area contributed by atoms with Gasteiger partial charge in [0.1, 0.15) is 29.8 Å². The van der Waals surface area contributed by atoms with Gasteiger partial charge in [0.15, 0.2) is 11.9 Å². The van der Waals surface area contributed by atoms with Crippen LogP contribution >= 0.6 is 0 Å². The first-order chi connectivity index (χ1) is 14.5. The molecular formula is C21H22O10. The van der Waals surface area contributed by atoms with Crippen LogP contribution in [-0.2, 0) is 16.0 Å². The highest BCUT2D eigenvalue weighted by molar-refractivity contribution is 6.09. The number of aliphatic hydroxyl groups excluding tert-OH is 3. The summed E-state index contributed by atoms with van der Waals surface area (Å²) in [6.07, 6.45) is -9.02. The van der Waals surface area contributed by atoms with E-state index in [1.807, 2.05) is 0 Å². The fourth-order valence-corrected chi connectivity index (χ4v) is 4.19. The lowest BCUT2D eigenvalue weighted by atomic mass is 9.79. The van der Waals surface area contributed by atoms with E-state index in [-0.39, 0.29) is 35.3 Å². The zero-order valence-electron chi connectivity index (χ0n) is 16.4. The van der Waals surface area contributed by atoms with Crippen LogP contribution in [0, 0.1) is 0 Å². The number of fused-ring (bicyclic) bond motifs is 2. The van der Waals surface area contributed by atoms with Crippen molar-refractivity contribution in [2.24, 2.45) is 0 Å². The largest absolute Gasteiger partial charge is 0.506 e. The van der Waals surface area contributed by atoms with Crippen molar-refractivity contribution in [2.45, 2.75) is 56.1 Å². The number of ether oxygens (including phenoxy) is 2.